The van der Waals surface area contributed by atoms with Crippen molar-refractivity contribution in [3.8, 4) is 0 Å². The molecule has 94 valence electrons. The van der Waals surface area contributed by atoms with Crippen LogP contribution in [-0.4, -0.2) is 40.9 Å². The Morgan fingerprint density at radius 3 is 2.76 bits per heavy atom. The van der Waals surface area contributed by atoms with Crippen molar-refractivity contribution in [2.24, 2.45) is 0 Å². The predicted molar refractivity (Wildman–Crippen MR) is 64.3 cm³/mol. The molecule has 0 spiro atoms. The van der Waals surface area contributed by atoms with Crippen molar-refractivity contribution in [3.63, 3.8) is 0 Å². The molecule has 3 nitrogen and oxygen atoms in total. The summed E-state index contributed by atoms with van der Waals surface area (Å²) in [7, 11) is 0. The number of hydrogen-bond donors (Lipinski definition) is 2. The third-order valence-corrected chi connectivity index (χ3v) is 3.83. The fourth-order valence-corrected chi connectivity index (χ4v) is 2.81. The number of ether oxygens (including phenoxy) is 1. The van der Waals surface area contributed by atoms with Crippen LogP contribution in [0.5, 0.6) is 0 Å². The molecule has 0 radical (unpaired) electrons. The molecule has 1 aromatic rings. The highest BCUT2D eigenvalue weighted by Gasteiger charge is 2.34. The maximum Gasteiger partial charge on any atom is 0.127 e. The van der Waals surface area contributed by atoms with Gasteiger partial charge in [0.2, 0.25) is 0 Å². The van der Waals surface area contributed by atoms with Crippen molar-refractivity contribution in [1.29, 1.82) is 0 Å². The first-order chi connectivity index (χ1) is 8.18. The van der Waals surface area contributed by atoms with Crippen LogP contribution in [0.4, 0.5) is 4.39 Å². The summed E-state index contributed by atoms with van der Waals surface area (Å²) in [5.41, 5.74) is 0.644. The molecule has 2 rings (SSSR count). The number of halogens is 1. The summed E-state index contributed by atoms with van der Waals surface area (Å²) in [6, 6.07) is 6.62. The normalized spacial score (nSPS) is 28.5. The van der Waals surface area contributed by atoms with Gasteiger partial charge in [0.05, 0.1) is 12.7 Å². The highest BCUT2D eigenvalue weighted by atomic mass is 32.2. The highest BCUT2D eigenvalue weighted by molar-refractivity contribution is 7.98. The molecule has 5 heteroatoms. The third kappa shape index (κ3) is 3.19. The number of thioether (sulfide) groups is 1. The molecule has 1 saturated heterocycles. The Kier molecular flexibility index (Phi) is 4.39. The van der Waals surface area contributed by atoms with Gasteiger partial charge in [0, 0.05) is 11.5 Å². The fourth-order valence-electron chi connectivity index (χ4n) is 1.71. The lowest BCUT2D eigenvalue weighted by molar-refractivity contribution is 0.0337. The summed E-state index contributed by atoms with van der Waals surface area (Å²) >= 11 is 1.49. The molecule has 0 aliphatic carbocycles. The Bertz CT molecular complexity index is 375. The van der Waals surface area contributed by atoms with Gasteiger partial charge in [-0.2, -0.15) is 11.8 Å². The second-order valence-electron chi connectivity index (χ2n) is 4.04. The number of aliphatic hydroxyl groups is 2. The van der Waals surface area contributed by atoms with Gasteiger partial charge >= 0.3 is 0 Å². The van der Waals surface area contributed by atoms with E-state index in [9.17, 15) is 14.6 Å². The third-order valence-electron chi connectivity index (χ3n) is 2.75. The Labute approximate surface area is 104 Å². The van der Waals surface area contributed by atoms with Crippen LogP contribution in [0.2, 0.25) is 0 Å². The molecule has 17 heavy (non-hydrogen) atoms. The van der Waals surface area contributed by atoms with E-state index in [-0.39, 0.29) is 18.5 Å². The van der Waals surface area contributed by atoms with Gasteiger partial charge in [0.25, 0.3) is 0 Å². The maximum atomic E-state index is 13.3. The Morgan fingerprint density at radius 2 is 2.12 bits per heavy atom. The second kappa shape index (κ2) is 5.82. The quantitative estimate of drug-likeness (QED) is 0.851. The van der Waals surface area contributed by atoms with Gasteiger partial charge in [-0.05, 0) is 11.6 Å². The smallest absolute Gasteiger partial charge is 0.127 e. The van der Waals surface area contributed by atoms with Gasteiger partial charge in [-0.15, -0.1) is 0 Å². The average molecular weight is 258 g/mol. The van der Waals surface area contributed by atoms with E-state index < -0.39 is 12.2 Å². The van der Waals surface area contributed by atoms with E-state index >= 15 is 0 Å². The van der Waals surface area contributed by atoms with Crippen LogP contribution in [0.15, 0.2) is 24.3 Å². The molecule has 3 atom stereocenters. The summed E-state index contributed by atoms with van der Waals surface area (Å²) in [5, 5.41) is 18.8. The van der Waals surface area contributed by atoms with Crippen LogP contribution in [0, 0.1) is 5.82 Å². The molecule has 3 unspecified atom stereocenters. The fraction of sp³-hybridized carbons (Fsp3) is 0.500. The van der Waals surface area contributed by atoms with Crippen LogP contribution in [0.3, 0.4) is 0 Å². The van der Waals surface area contributed by atoms with Crippen molar-refractivity contribution in [3.05, 3.63) is 35.6 Å². The minimum Gasteiger partial charge on any atom is -0.388 e. The van der Waals surface area contributed by atoms with E-state index in [2.05, 4.69) is 0 Å². The molecule has 1 aliphatic rings. The van der Waals surface area contributed by atoms with Crippen molar-refractivity contribution in [1.82, 2.24) is 0 Å². The zero-order valence-corrected chi connectivity index (χ0v) is 10.1. The Hall–Kier alpha value is -0.620. The molecule has 1 fully saturated rings. The largest absolute Gasteiger partial charge is 0.388 e. The van der Waals surface area contributed by atoms with Crippen LogP contribution in [-0.2, 0) is 10.5 Å². The minimum atomic E-state index is -0.830. The van der Waals surface area contributed by atoms with Crippen molar-refractivity contribution in [2.45, 2.75) is 24.1 Å². The molecule has 0 amide bonds. The molecule has 0 saturated carbocycles. The molecule has 1 heterocycles. The van der Waals surface area contributed by atoms with E-state index in [1.54, 1.807) is 18.2 Å². The standard InChI is InChI=1S/C12H15FO3S/c13-9-4-2-1-3-8(9)6-17-7-11-12(15)10(14)5-16-11/h1-4,10-12,14-15H,5-7H2. The Morgan fingerprint density at radius 1 is 1.35 bits per heavy atom. The maximum absolute atomic E-state index is 13.3. The van der Waals surface area contributed by atoms with Crippen LogP contribution >= 0.6 is 11.8 Å². The van der Waals surface area contributed by atoms with Gasteiger partial charge in [-0.3, -0.25) is 0 Å². The first kappa shape index (κ1) is 12.8. The van der Waals surface area contributed by atoms with Crippen LogP contribution in [0.25, 0.3) is 0 Å². The van der Waals surface area contributed by atoms with Gasteiger partial charge in [-0.1, -0.05) is 18.2 Å². The van der Waals surface area contributed by atoms with Gasteiger partial charge < -0.3 is 14.9 Å². The molecule has 2 N–H and O–H groups in total. The lowest BCUT2D eigenvalue weighted by Crippen LogP contribution is -2.31. The van der Waals surface area contributed by atoms with Gasteiger partial charge in [0.15, 0.2) is 0 Å². The van der Waals surface area contributed by atoms with E-state index in [0.717, 1.165) is 0 Å². The van der Waals surface area contributed by atoms with Crippen LogP contribution < -0.4 is 0 Å². The lowest BCUT2D eigenvalue weighted by Gasteiger charge is -2.14. The summed E-state index contributed by atoms with van der Waals surface area (Å²) in [6.45, 7) is 0.173. The summed E-state index contributed by atoms with van der Waals surface area (Å²) in [6.07, 6.45) is -1.99. The lowest BCUT2D eigenvalue weighted by atomic mass is 10.2. The SMILES string of the molecule is OC1COC(CSCc2ccccc2F)C1O. The molecule has 1 aliphatic heterocycles. The summed E-state index contributed by atoms with van der Waals surface area (Å²) < 4.78 is 18.5. The van der Waals surface area contributed by atoms with Crippen LogP contribution in [0.1, 0.15) is 5.56 Å². The van der Waals surface area contributed by atoms with Crippen molar-refractivity contribution in [2.75, 3.05) is 12.4 Å². The molecule has 0 aromatic heterocycles. The second-order valence-corrected chi connectivity index (χ2v) is 5.07. The first-order valence-corrected chi connectivity index (χ1v) is 6.63. The number of aliphatic hydroxyl groups excluding tert-OH is 2. The summed E-state index contributed by atoms with van der Waals surface area (Å²) in [4.78, 5) is 0. The Balaban J connectivity index is 1.79. The molecule has 0 bridgehead atoms. The first-order valence-electron chi connectivity index (χ1n) is 5.47. The van der Waals surface area contributed by atoms with E-state index in [1.807, 2.05) is 0 Å². The molecular formula is C12H15FO3S. The number of hydrogen-bond acceptors (Lipinski definition) is 4. The topological polar surface area (TPSA) is 49.7 Å². The van der Waals surface area contributed by atoms with E-state index in [0.29, 0.717) is 17.1 Å². The monoisotopic (exact) mass is 258 g/mol. The van der Waals surface area contributed by atoms with Gasteiger partial charge in [0.1, 0.15) is 18.0 Å². The van der Waals surface area contributed by atoms with Crippen molar-refractivity contribution < 1.29 is 19.3 Å². The summed E-state index contributed by atoms with van der Waals surface area (Å²) in [5.74, 6) is 0.870. The average Bonchev–Trinajstić information content (AvgIpc) is 2.63. The zero-order valence-electron chi connectivity index (χ0n) is 9.25. The van der Waals surface area contributed by atoms with Gasteiger partial charge in [-0.25, -0.2) is 4.39 Å². The highest BCUT2D eigenvalue weighted by Crippen LogP contribution is 2.22. The van der Waals surface area contributed by atoms with E-state index in [1.165, 1.54) is 17.8 Å². The minimum absolute atomic E-state index is 0.173. The number of rotatable bonds is 4. The number of benzene rings is 1. The predicted octanol–water partition coefficient (Wildman–Crippen LogP) is 1.18. The van der Waals surface area contributed by atoms with Crippen molar-refractivity contribution >= 4 is 11.8 Å². The van der Waals surface area contributed by atoms with E-state index in [4.69, 9.17) is 4.74 Å². The zero-order chi connectivity index (χ0) is 12.3. The molecular weight excluding hydrogens is 243 g/mol. The molecule has 1 aromatic carbocycles.